The van der Waals surface area contributed by atoms with Crippen LogP contribution in [0.25, 0.3) is 11.4 Å². The zero-order valence-corrected chi connectivity index (χ0v) is 14.3. The first-order chi connectivity index (χ1) is 12.3. The summed E-state index contributed by atoms with van der Waals surface area (Å²) in [5.41, 5.74) is 1.74. The smallest absolute Gasteiger partial charge is 0.224 e. The number of nitrogens with zero attached hydrogens (tertiary/aromatic N) is 4. The Balaban J connectivity index is 1.37. The molecule has 0 spiro atoms. The zero-order chi connectivity index (χ0) is 17.1. The number of aromatic nitrogens is 4. The summed E-state index contributed by atoms with van der Waals surface area (Å²) in [5.74, 6) is 1.52. The fourth-order valence-corrected chi connectivity index (χ4v) is 3.41. The van der Waals surface area contributed by atoms with Crippen LogP contribution in [-0.4, -0.2) is 39.2 Å². The van der Waals surface area contributed by atoms with E-state index in [1.54, 1.807) is 0 Å². The van der Waals surface area contributed by atoms with Crippen molar-refractivity contribution in [3.8, 4) is 11.4 Å². The van der Waals surface area contributed by atoms with Crippen LogP contribution in [0, 0.1) is 5.92 Å². The van der Waals surface area contributed by atoms with E-state index >= 15 is 0 Å². The molecule has 0 atom stereocenters. The van der Waals surface area contributed by atoms with E-state index < -0.39 is 0 Å². The van der Waals surface area contributed by atoms with Crippen LogP contribution in [0.5, 0.6) is 0 Å². The van der Waals surface area contributed by atoms with Gasteiger partial charge in [0.2, 0.25) is 5.91 Å². The van der Waals surface area contributed by atoms with Gasteiger partial charge in [-0.1, -0.05) is 12.1 Å². The SMILES string of the molecule is O=C(CCC1CCNCC1)Nc1cccc(-c2nnnn2C2CC2)c1. The van der Waals surface area contributed by atoms with Gasteiger partial charge in [0.25, 0.3) is 0 Å². The highest BCUT2D eigenvalue weighted by Crippen LogP contribution is 2.36. The number of hydrogen-bond acceptors (Lipinski definition) is 5. The second kappa shape index (κ2) is 7.31. The molecule has 1 aromatic heterocycles. The van der Waals surface area contributed by atoms with E-state index in [1.807, 2.05) is 28.9 Å². The maximum Gasteiger partial charge on any atom is 0.224 e. The van der Waals surface area contributed by atoms with Gasteiger partial charge in [0.05, 0.1) is 6.04 Å². The topological polar surface area (TPSA) is 84.7 Å². The molecule has 7 nitrogen and oxygen atoms in total. The van der Waals surface area contributed by atoms with E-state index in [4.69, 9.17) is 0 Å². The van der Waals surface area contributed by atoms with Crippen LogP contribution in [0.2, 0.25) is 0 Å². The predicted octanol–water partition coefficient (Wildman–Crippen LogP) is 2.39. The van der Waals surface area contributed by atoms with Crippen LogP contribution in [0.4, 0.5) is 5.69 Å². The molecule has 1 aromatic carbocycles. The molecule has 2 N–H and O–H groups in total. The van der Waals surface area contributed by atoms with E-state index in [2.05, 4.69) is 26.2 Å². The second-order valence-electron chi connectivity index (χ2n) is 7.04. The lowest BCUT2D eigenvalue weighted by molar-refractivity contribution is -0.116. The summed E-state index contributed by atoms with van der Waals surface area (Å²) in [7, 11) is 0. The standard InChI is InChI=1S/C18H24N6O/c25-17(7-4-13-8-10-19-11-9-13)20-15-3-1-2-14(12-15)18-21-22-23-24(18)16-5-6-16/h1-3,12-13,16,19H,4-11H2,(H,20,25). The minimum Gasteiger partial charge on any atom is -0.326 e. The van der Waals surface area contributed by atoms with Crippen molar-refractivity contribution in [1.82, 2.24) is 25.5 Å². The van der Waals surface area contributed by atoms with E-state index in [0.717, 1.165) is 49.4 Å². The first-order valence-electron chi connectivity index (χ1n) is 9.18. The molecule has 2 aliphatic rings. The van der Waals surface area contributed by atoms with E-state index in [0.29, 0.717) is 18.4 Å². The number of piperidine rings is 1. The number of tetrazole rings is 1. The minimum absolute atomic E-state index is 0.0810. The number of rotatable bonds is 6. The third-order valence-corrected chi connectivity index (χ3v) is 5.03. The largest absolute Gasteiger partial charge is 0.326 e. The van der Waals surface area contributed by atoms with Crippen molar-refractivity contribution in [2.45, 2.75) is 44.6 Å². The number of carbonyl (C=O) groups excluding carboxylic acids is 1. The number of hydrogen-bond donors (Lipinski definition) is 2. The van der Waals surface area contributed by atoms with Gasteiger partial charge in [-0.25, -0.2) is 4.68 Å². The molecular weight excluding hydrogens is 316 g/mol. The Hall–Kier alpha value is -2.28. The molecule has 0 bridgehead atoms. The molecule has 7 heteroatoms. The molecule has 2 fully saturated rings. The third-order valence-electron chi connectivity index (χ3n) is 5.03. The highest BCUT2D eigenvalue weighted by atomic mass is 16.1. The monoisotopic (exact) mass is 340 g/mol. The first-order valence-corrected chi connectivity index (χ1v) is 9.18. The Morgan fingerprint density at radius 1 is 1.24 bits per heavy atom. The summed E-state index contributed by atoms with van der Waals surface area (Å²) in [5, 5.41) is 18.4. The molecule has 4 rings (SSSR count). The molecule has 2 aromatic rings. The maximum absolute atomic E-state index is 12.3. The lowest BCUT2D eigenvalue weighted by Gasteiger charge is -2.22. The van der Waals surface area contributed by atoms with Gasteiger partial charge in [-0.15, -0.1) is 5.10 Å². The molecule has 132 valence electrons. The molecule has 25 heavy (non-hydrogen) atoms. The quantitative estimate of drug-likeness (QED) is 0.843. The summed E-state index contributed by atoms with van der Waals surface area (Å²) < 4.78 is 1.89. The highest BCUT2D eigenvalue weighted by Gasteiger charge is 2.28. The van der Waals surface area contributed by atoms with Crippen molar-refractivity contribution in [2.75, 3.05) is 18.4 Å². The number of benzene rings is 1. The van der Waals surface area contributed by atoms with Gasteiger partial charge < -0.3 is 10.6 Å². The summed E-state index contributed by atoms with van der Waals surface area (Å²) in [6.07, 6.45) is 6.15. The normalized spacial score (nSPS) is 18.2. The van der Waals surface area contributed by atoms with E-state index in [9.17, 15) is 4.79 Å². The summed E-state index contributed by atoms with van der Waals surface area (Å²) in [4.78, 5) is 12.3. The first kappa shape index (κ1) is 16.2. The van der Waals surface area contributed by atoms with Gasteiger partial charge in [-0.3, -0.25) is 4.79 Å². The lowest BCUT2D eigenvalue weighted by Crippen LogP contribution is -2.28. The Kier molecular flexibility index (Phi) is 4.74. The average Bonchev–Trinajstić information content (AvgIpc) is 3.37. The predicted molar refractivity (Wildman–Crippen MR) is 95.0 cm³/mol. The van der Waals surface area contributed by atoms with Crippen molar-refractivity contribution in [3.05, 3.63) is 24.3 Å². The summed E-state index contributed by atoms with van der Waals surface area (Å²) >= 11 is 0. The van der Waals surface area contributed by atoms with Crippen LogP contribution in [0.3, 0.4) is 0 Å². The van der Waals surface area contributed by atoms with Gasteiger partial charge >= 0.3 is 0 Å². The van der Waals surface area contributed by atoms with Crippen LogP contribution >= 0.6 is 0 Å². The molecule has 0 radical (unpaired) electrons. The van der Waals surface area contributed by atoms with Crippen molar-refractivity contribution < 1.29 is 4.79 Å². The van der Waals surface area contributed by atoms with Crippen molar-refractivity contribution in [3.63, 3.8) is 0 Å². The fraction of sp³-hybridized carbons (Fsp3) is 0.556. The molecule has 2 heterocycles. The van der Waals surface area contributed by atoms with Gasteiger partial charge in [-0.2, -0.15) is 0 Å². The summed E-state index contributed by atoms with van der Waals surface area (Å²) in [6.45, 7) is 2.15. The van der Waals surface area contributed by atoms with Crippen molar-refractivity contribution >= 4 is 11.6 Å². The number of amides is 1. The molecule has 1 aliphatic heterocycles. The van der Waals surface area contributed by atoms with Crippen LogP contribution in [-0.2, 0) is 4.79 Å². The third kappa shape index (κ3) is 4.04. The number of anilines is 1. The van der Waals surface area contributed by atoms with Crippen LogP contribution in [0.1, 0.15) is 44.6 Å². The number of nitrogens with one attached hydrogen (secondary N) is 2. The molecule has 1 saturated carbocycles. The minimum atomic E-state index is 0.0810. The maximum atomic E-state index is 12.3. The van der Waals surface area contributed by atoms with E-state index in [-0.39, 0.29) is 5.91 Å². The molecule has 1 saturated heterocycles. The fourth-order valence-electron chi connectivity index (χ4n) is 3.41. The van der Waals surface area contributed by atoms with Crippen molar-refractivity contribution in [1.29, 1.82) is 0 Å². The van der Waals surface area contributed by atoms with Gasteiger partial charge in [0.1, 0.15) is 0 Å². The van der Waals surface area contributed by atoms with Crippen LogP contribution < -0.4 is 10.6 Å². The Labute approximate surface area is 147 Å². The molecular formula is C18H24N6O. The molecule has 0 unspecified atom stereocenters. The van der Waals surface area contributed by atoms with E-state index in [1.165, 1.54) is 12.8 Å². The molecule has 1 aliphatic carbocycles. The van der Waals surface area contributed by atoms with Gasteiger partial charge in [0, 0.05) is 17.7 Å². The summed E-state index contributed by atoms with van der Waals surface area (Å²) in [6, 6.07) is 8.21. The Bertz CT molecular complexity index is 733. The average molecular weight is 340 g/mol. The van der Waals surface area contributed by atoms with Gasteiger partial charge in [-0.05, 0) is 73.7 Å². The number of carbonyl (C=O) groups is 1. The lowest BCUT2D eigenvalue weighted by atomic mass is 9.93. The van der Waals surface area contributed by atoms with Crippen molar-refractivity contribution in [2.24, 2.45) is 5.92 Å². The molecule has 1 amide bonds. The Morgan fingerprint density at radius 2 is 2.08 bits per heavy atom. The second-order valence-corrected chi connectivity index (χ2v) is 7.04. The van der Waals surface area contributed by atoms with Gasteiger partial charge in [0.15, 0.2) is 5.82 Å². The zero-order valence-electron chi connectivity index (χ0n) is 14.3. The highest BCUT2D eigenvalue weighted by molar-refractivity contribution is 5.91. The Morgan fingerprint density at radius 3 is 2.88 bits per heavy atom. The van der Waals surface area contributed by atoms with Crippen LogP contribution in [0.15, 0.2) is 24.3 Å².